The van der Waals surface area contributed by atoms with E-state index in [-0.39, 0.29) is 16.6 Å². The number of sulfone groups is 1. The van der Waals surface area contributed by atoms with Crippen LogP contribution >= 0.6 is 15.9 Å². The Morgan fingerprint density at radius 1 is 1.28 bits per heavy atom. The zero-order valence-electron chi connectivity index (χ0n) is 10.6. The van der Waals surface area contributed by atoms with Gasteiger partial charge < -0.3 is 4.90 Å². The number of nitrogens with zero attached hydrogens (tertiary/aromatic N) is 1. The summed E-state index contributed by atoms with van der Waals surface area (Å²) in [5.41, 5.74) is 0. The number of hydrogen-bond acceptors (Lipinski definition) is 3. The first kappa shape index (κ1) is 15.2. The van der Waals surface area contributed by atoms with Gasteiger partial charge in [0.2, 0.25) is 5.91 Å². The van der Waals surface area contributed by atoms with Crippen LogP contribution in [-0.2, 0) is 14.6 Å². The SMILES string of the molecule is CC(CS(=O)(=O)c1ccc(Br)cc1)C(=O)N(C)C. The largest absolute Gasteiger partial charge is 0.349 e. The fourth-order valence-electron chi connectivity index (χ4n) is 1.58. The van der Waals surface area contributed by atoms with E-state index >= 15 is 0 Å². The quantitative estimate of drug-likeness (QED) is 0.846. The molecule has 1 aromatic rings. The zero-order chi connectivity index (χ0) is 13.9. The summed E-state index contributed by atoms with van der Waals surface area (Å²) in [6.45, 7) is 1.62. The van der Waals surface area contributed by atoms with Crippen molar-refractivity contribution in [2.75, 3.05) is 19.8 Å². The predicted octanol–water partition coefficient (Wildman–Crippen LogP) is 1.95. The van der Waals surface area contributed by atoms with E-state index in [0.717, 1.165) is 4.47 Å². The average Bonchev–Trinajstić information content (AvgIpc) is 2.27. The summed E-state index contributed by atoms with van der Waals surface area (Å²) >= 11 is 3.25. The molecule has 1 rings (SSSR count). The molecule has 1 aromatic carbocycles. The lowest BCUT2D eigenvalue weighted by molar-refractivity contribution is -0.131. The third kappa shape index (κ3) is 3.81. The van der Waals surface area contributed by atoms with Crippen LogP contribution in [-0.4, -0.2) is 39.1 Å². The Balaban J connectivity index is 2.89. The van der Waals surface area contributed by atoms with Gasteiger partial charge in [0.25, 0.3) is 0 Å². The molecule has 0 radical (unpaired) electrons. The van der Waals surface area contributed by atoms with Crippen molar-refractivity contribution < 1.29 is 13.2 Å². The number of halogens is 1. The number of amides is 1. The highest BCUT2D eigenvalue weighted by Crippen LogP contribution is 2.18. The number of carbonyl (C=O) groups is 1. The lowest BCUT2D eigenvalue weighted by atomic mass is 10.2. The highest BCUT2D eigenvalue weighted by atomic mass is 79.9. The van der Waals surface area contributed by atoms with E-state index in [9.17, 15) is 13.2 Å². The molecule has 0 bridgehead atoms. The van der Waals surface area contributed by atoms with Gasteiger partial charge >= 0.3 is 0 Å². The fourth-order valence-corrected chi connectivity index (χ4v) is 3.39. The Morgan fingerprint density at radius 2 is 1.78 bits per heavy atom. The van der Waals surface area contributed by atoms with E-state index in [1.807, 2.05) is 0 Å². The van der Waals surface area contributed by atoms with Gasteiger partial charge in [0.05, 0.1) is 10.6 Å². The Hall–Kier alpha value is -0.880. The van der Waals surface area contributed by atoms with Crippen LogP contribution in [0.3, 0.4) is 0 Å². The van der Waals surface area contributed by atoms with Gasteiger partial charge in [0.1, 0.15) is 0 Å². The van der Waals surface area contributed by atoms with Crippen LogP contribution in [0.25, 0.3) is 0 Å². The van der Waals surface area contributed by atoms with E-state index in [0.29, 0.717) is 0 Å². The maximum atomic E-state index is 12.1. The molecule has 1 amide bonds. The molecule has 4 nitrogen and oxygen atoms in total. The molecule has 0 fully saturated rings. The van der Waals surface area contributed by atoms with Crippen molar-refractivity contribution in [3.63, 3.8) is 0 Å². The Bertz CT molecular complexity index is 523. The minimum Gasteiger partial charge on any atom is -0.349 e. The third-order valence-electron chi connectivity index (χ3n) is 2.50. The second kappa shape index (κ2) is 5.84. The number of carbonyl (C=O) groups excluding carboxylic acids is 1. The van der Waals surface area contributed by atoms with Crippen LogP contribution in [0.1, 0.15) is 6.92 Å². The van der Waals surface area contributed by atoms with Crippen molar-refractivity contribution in [3.8, 4) is 0 Å². The number of hydrogen-bond donors (Lipinski definition) is 0. The van der Waals surface area contributed by atoms with Gasteiger partial charge in [0.15, 0.2) is 9.84 Å². The molecule has 0 spiro atoms. The number of rotatable bonds is 4. The van der Waals surface area contributed by atoms with Crippen LogP contribution in [0.15, 0.2) is 33.6 Å². The minimum atomic E-state index is -3.42. The van der Waals surface area contributed by atoms with Crippen molar-refractivity contribution >= 4 is 31.7 Å². The molecular weight excluding hydrogens is 318 g/mol. The smallest absolute Gasteiger partial charge is 0.225 e. The molecule has 1 atom stereocenters. The van der Waals surface area contributed by atoms with Gasteiger partial charge in [-0.15, -0.1) is 0 Å². The molecule has 0 aliphatic heterocycles. The van der Waals surface area contributed by atoms with Crippen LogP contribution < -0.4 is 0 Å². The van der Waals surface area contributed by atoms with E-state index in [1.165, 1.54) is 17.0 Å². The highest BCUT2D eigenvalue weighted by molar-refractivity contribution is 9.10. The first-order chi connectivity index (χ1) is 8.24. The highest BCUT2D eigenvalue weighted by Gasteiger charge is 2.24. The summed E-state index contributed by atoms with van der Waals surface area (Å²) in [5, 5.41) is 0. The van der Waals surface area contributed by atoms with Crippen LogP contribution in [0.2, 0.25) is 0 Å². The third-order valence-corrected chi connectivity index (χ3v) is 4.96. The van der Waals surface area contributed by atoms with E-state index < -0.39 is 15.8 Å². The van der Waals surface area contributed by atoms with Crippen LogP contribution in [0.4, 0.5) is 0 Å². The van der Waals surface area contributed by atoms with Crippen molar-refractivity contribution in [1.82, 2.24) is 4.90 Å². The van der Waals surface area contributed by atoms with Crippen LogP contribution in [0, 0.1) is 5.92 Å². The molecule has 18 heavy (non-hydrogen) atoms. The first-order valence-electron chi connectivity index (χ1n) is 5.43. The maximum Gasteiger partial charge on any atom is 0.225 e. The lowest BCUT2D eigenvalue weighted by Crippen LogP contribution is -2.32. The molecule has 0 aromatic heterocycles. The van der Waals surface area contributed by atoms with Gasteiger partial charge in [-0.05, 0) is 24.3 Å². The van der Waals surface area contributed by atoms with E-state index in [1.54, 1.807) is 33.2 Å². The second-order valence-electron chi connectivity index (χ2n) is 4.37. The molecular formula is C12H16BrNO3S. The topological polar surface area (TPSA) is 54.5 Å². The van der Waals surface area contributed by atoms with E-state index in [4.69, 9.17) is 0 Å². The van der Waals surface area contributed by atoms with Crippen LogP contribution in [0.5, 0.6) is 0 Å². The Kier molecular flexibility index (Phi) is 4.92. The van der Waals surface area contributed by atoms with E-state index in [2.05, 4.69) is 15.9 Å². The molecule has 6 heteroatoms. The van der Waals surface area contributed by atoms with Gasteiger partial charge in [-0.1, -0.05) is 22.9 Å². The van der Waals surface area contributed by atoms with Crippen molar-refractivity contribution in [1.29, 1.82) is 0 Å². The molecule has 1 unspecified atom stereocenters. The van der Waals surface area contributed by atoms with Gasteiger partial charge in [0, 0.05) is 24.5 Å². The Labute approximate surface area is 116 Å². The summed E-state index contributed by atoms with van der Waals surface area (Å²) < 4.78 is 25.0. The lowest BCUT2D eigenvalue weighted by Gasteiger charge is -2.16. The predicted molar refractivity (Wildman–Crippen MR) is 74.1 cm³/mol. The summed E-state index contributed by atoms with van der Waals surface area (Å²) in [7, 11) is -0.191. The van der Waals surface area contributed by atoms with Crippen molar-refractivity contribution in [2.45, 2.75) is 11.8 Å². The normalized spacial score (nSPS) is 13.1. The average molecular weight is 334 g/mol. The summed E-state index contributed by atoms with van der Waals surface area (Å²) in [4.78, 5) is 13.3. The molecule has 0 heterocycles. The van der Waals surface area contributed by atoms with Crippen molar-refractivity contribution in [3.05, 3.63) is 28.7 Å². The van der Waals surface area contributed by atoms with Gasteiger partial charge in [-0.3, -0.25) is 4.79 Å². The summed E-state index contributed by atoms with van der Waals surface area (Å²) in [6, 6.07) is 6.41. The minimum absolute atomic E-state index is 0.175. The summed E-state index contributed by atoms with van der Waals surface area (Å²) in [6.07, 6.45) is 0. The molecule has 100 valence electrons. The summed E-state index contributed by atoms with van der Waals surface area (Å²) in [5.74, 6) is -0.907. The fraction of sp³-hybridized carbons (Fsp3) is 0.417. The van der Waals surface area contributed by atoms with Gasteiger partial charge in [-0.25, -0.2) is 8.42 Å². The standard InChI is InChI=1S/C12H16BrNO3S/c1-9(12(15)14(2)3)8-18(16,17)11-6-4-10(13)5-7-11/h4-7,9H,8H2,1-3H3. The monoisotopic (exact) mass is 333 g/mol. The molecule has 0 saturated heterocycles. The maximum absolute atomic E-state index is 12.1. The molecule has 0 saturated carbocycles. The molecule has 0 aliphatic carbocycles. The zero-order valence-corrected chi connectivity index (χ0v) is 13.0. The molecule has 0 N–H and O–H groups in total. The first-order valence-corrected chi connectivity index (χ1v) is 7.88. The number of benzene rings is 1. The van der Waals surface area contributed by atoms with Gasteiger partial charge in [-0.2, -0.15) is 0 Å². The van der Waals surface area contributed by atoms with Crippen molar-refractivity contribution in [2.24, 2.45) is 5.92 Å². The molecule has 0 aliphatic rings. The Morgan fingerprint density at radius 3 is 2.22 bits per heavy atom. The second-order valence-corrected chi connectivity index (χ2v) is 7.32.